The smallest absolute Gasteiger partial charge is 0.131 e. The van der Waals surface area contributed by atoms with Gasteiger partial charge in [-0.2, -0.15) is 0 Å². The van der Waals surface area contributed by atoms with Crippen molar-refractivity contribution in [3.63, 3.8) is 0 Å². The predicted molar refractivity (Wildman–Crippen MR) is 67.6 cm³/mol. The molecule has 0 unspecified atom stereocenters. The lowest BCUT2D eigenvalue weighted by atomic mass is 10.1. The highest BCUT2D eigenvalue weighted by Gasteiger charge is 2.08. The van der Waals surface area contributed by atoms with Crippen molar-refractivity contribution in [1.29, 1.82) is 0 Å². The molecular formula is C13H14O2S. The van der Waals surface area contributed by atoms with E-state index in [1.807, 2.05) is 18.2 Å². The highest BCUT2D eigenvalue weighted by molar-refractivity contribution is 7.15. The maximum absolute atomic E-state index is 5.38. The van der Waals surface area contributed by atoms with Crippen LogP contribution in [0.15, 0.2) is 30.3 Å². The van der Waals surface area contributed by atoms with Gasteiger partial charge in [-0.25, -0.2) is 0 Å². The van der Waals surface area contributed by atoms with Gasteiger partial charge in [0, 0.05) is 21.4 Å². The Hall–Kier alpha value is -1.48. The molecule has 0 aliphatic rings. The van der Waals surface area contributed by atoms with Gasteiger partial charge in [-0.3, -0.25) is 0 Å². The number of ether oxygens (including phenoxy) is 2. The number of hydrogen-bond donors (Lipinski definition) is 0. The van der Waals surface area contributed by atoms with Crippen LogP contribution in [0.5, 0.6) is 11.5 Å². The molecule has 3 heteroatoms. The molecule has 0 amide bonds. The fourth-order valence-electron chi connectivity index (χ4n) is 1.58. The fraction of sp³-hybridized carbons (Fsp3) is 0.231. The predicted octanol–water partition coefficient (Wildman–Crippen LogP) is 3.74. The lowest BCUT2D eigenvalue weighted by molar-refractivity contribution is 0.395. The van der Waals surface area contributed by atoms with Crippen LogP contribution in [-0.4, -0.2) is 14.2 Å². The molecule has 2 aromatic rings. The van der Waals surface area contributed by atoms with Gasteiger partial charge < -0.3 is 9.47 Å². The Morgan fingerprint density at radius 1 is 1.00 bits per heavy atom. The molecule has 0 fully saturated rings. The Balaban J connectivity index is 2.48. The Morgan fingerprint density at radius 3 is 2.38 bits per heavy atom. The number of thiophene rings is 1. The maximum Gasteiger partial charge on any atom is 0.131 e. The standard InChI is InChI=1S/C13H14O2S/c1-9-4-7-13(16-9)11-6-5-10(14-2)8-12(11)15-3/h4-8H,1-3H3. The molecule has 0 N–H and O–H groups in total. The molecule has 84 valence electrons. The van der Waals surface area contributed by atoms with Crippen LogP contribution in [0.1, 0.15) is 4.88 Å². The molecule has 0 radical (unpaired) electrons. The first kappa shape index (κ1) is 11.0. The van der Waals surface area contributed by atoms with Gasteiger partial charge in [-0.05, 0) is 31.2 Å². The van der Waals surface area contributed by atoms with E-state index in [2.05, 4.69) is 19.1 Å². The van der Waals surface area contributed by atoms with Crippen molar-refractivity contribution < 1.29 is 9.47 Å². The highest BCUT2D eigenvalue weighted by Crippen LogP contribution is 2.36. The Bertz CT molecular complexity index is 488. The summed E-state index contributed by atoms with van der Waals surface area (Å²) < 4.78 is 10.6. The molecule has 0 spiro atoms. The van der Waals surface area contributed by atoms with Gasteiger partial charge in [-0.1, -0.05) is 0 Å². The zero-order chi connectivity index (χ0) is 11.5. The SMILES string of the molecule is COc1ccc(-c2ccc(C)s2)c(OC)c1. The second-order valence-corrected chi connectivity index (χ2v) is 4.76. The first-order chi connectivity index (χ1) is 7.74. The minimum Gasteiger partial charge on any atom is -0.497 e. The number of methoxy groups -OCH3 is 2. The van der Waals surface area contributed by atoms with Gasteiger partial charge >= 0.3 is 0 Å². The molecule has 0 bridgehead atoms. The van der Waals surface area contributed by atoms with E-state index < -0.39 is 0 Å². The average molecular weight is 234 g/mol. The van der Waals surface area contributed by atoms with Gasteiger partial charge in [0.25, 0.3) is 0 Å². The van der Waals surface area contributed by atoms with Crippen molar-refractivity contribution >= 4 is 11.3 Å². The fourth-order valence-corrected chi connectivity index (χ4v) is 2.48. The van der Waals surface area contributed by atoms with E-state index >= 15 is 0 Å². The van der Waals surface area contributed by atoms with E-state index in [0.29, 0.717) is 0 Å². The number of hydrogen-bond acceptors (Lipinski definition) is 3. The summed E-state index contributed by atoms with van der Waals surface area (Å²) in [7, 11) is 3.34. The minimum atomic E-state index is 0.814. The van der Waals surface area contributed by atoms with Crippen molar-refractivity contribution in [2.24, 2.45) is 0 Å². The molecular weight excluding hydrogens is 220 g/mol. The summed E-state index contributed by atoms with van der Waals surface area (Å²) in [6.07, 6.45) is 0. The van der Waals surface area contributed by atoms with E-state index in [4.69, 9.17) is 9.47 Å². The molecule has 0 aliphatic heterocycles. The van der Waals surface area contributed by atoms with E-state index in [-0.39, 0.29) is 0 Å². The van der Waals surface area contributed by atoms with Gasteiger partial charge in [0.15, 0.2) is 0 Å². The van der Waals surface area contributed by atoms with Crippen LogP contribution in [0.4, 0.5) is 0 Å². The molecule has 1 aromatic carbocycles. The van der Waals surface area contributed by atoms with E-state index in [0.717, 1.165) is 17.1 Å². The van der Waals surface area contributed by atoms with Gasteiger partial charge in [-0.15, -0.1) is 11.3 Å². The summed E-state index contributed by atoms with van der Waals surface area (Å²) in [4.78, 5) is 2.52. The molecule has 1 heterocycles. The molecule has 16 heavy (non-hydrogen) atoms. The third-order valence-electron chi connectivity index (χ3n) is 2.41. The van der Waals surface area contributed by atoms with Crippen LogP contribution < -0.4 is 9.47 Å². The van der Waals surface area contributed by atoms with E-state index in [9.17, 15) is 0 Å². The average Bonchev–Trinajstić information content (AvgIpc) is 2.74. The largest absolute Gasteiger partial charge is 0.497 e. The normalized spacial score (nSPS) is 10.2. The summed E-state index contributed by atoms with van der Waals surface area (Å²) in [6, 6.07) is 10.1. The van der Waals surface area contributed by atoms with Crippen LogP contribution in [-0.2, 0) is 0 Å². The second-order valence-electron chi connectivity index (χ2n) is 3.48. The van der Waals surface area contributed by atoms with Crippen molar-refractivity contribution in [2.45, 2.75) is 6.92 Å². The molecule has 2 nitrogen and oxygen atoms in total. The Kier molecular flexibility index (Phi) is 3.15. The molecule has 1 aromatic heterocycles. The van der Waals surface area contributed by atoms with Crippen molar-refractivity contribution in [3.8, 4) is 21.9 Å². The zero-order valence-electron chi connectivity index (χ0n) is 9.61. The van der Waals surface area contributed by atoms with Gasteiger partial charge in [0.1, 0.15) is 11.5 Å². The van der Waals surface area contributed by atoms with Crippen LogP contribution in [0.3, 0.4) is 0 Å². The topological polar surface area (TPSA) is 18.5 Å². The van der Waals surface area contributed by atoms with Crippen LogP contribution in [0.25, 0.3) is 10.4 Å². The quantitative estimate of drug-likeness (QED) is 0.805. The number of rotatable bonds is 3. The summed E-state index contributed by atoms with van der Waals surface area (Å²) in [5, 5.41) is 0. The summed E-state index contributed by atoms with van der Waals surface area (Å²) >= 11 is 1.76. The van der Waals surface area contributed by atoms with Crippen LogP contribution >= 0.6 is 11.3 Å². The van der Waals surface area contributed by atoms with Gasteiger partial charge in [0.2, 0.25) is 0 Å². The van der Waals surface area contributed by atoms with E-state index in [1.165, 1.54) is 9.75 Å². The highest BCUT2D eigenvalue weighted by atomic mass is 32.1. The van der Waals surface area contributed by atoms with Crippen molar-refractivity contribution in [2.75, 3.05) is 14.2 Å². The van der Waals surface area contributed by atoms with Crippen molar-refractivity contribution in [1.82, 2.24) is 0 Å². The molecule has 0 saturated heterocycles. The maximum atomic E-state index is 5.38. The monoisotopic (exact) mass is 234 g/mol. The number of benzene rings is 1. The molecule has 0 aliphatic carbocycles. The third-order valence-corrected chi connectivity index (χ3v) is 3.45. The lowest BCUT2D eigenvalue weighted by Crippen LogP contribution is -1.89. The lowest BCUT2D eigenvalue weighted by Gasteiger charge is -2.08. The second kappa shape index (κ2) is 4.58. The Morgan fingerprint density at radius 2 is 1.81 bits per heavy atom. The zero-order valence-corrected chi connectivity index (χ0v) is 10.4. The van der Waals surface area contributed by atoms with Crippen LogP contribution in [0, 0.1) is 6.92 Å². The summed E-state index contributed by atoms with van der Waals surface area (Å²) in [5.41, 5.74) is 1.11. The minimum absolute atomic E-state index is 0.814. The van der Waals surface area contributed by atoms with Gasteiger partial charge in [0.05, 0.1) is 14.2 Å². The summed E-state index contributed by atoms with van der Waals surface area (Å²) in [6.45, 7) is 2.10. The first-order valence-corrected chi connectivity index (χ1v) is 5.85. The molecule has 0 saturated carbocycles. The third kappa shape index (κ3) is 2.04. The van der Waals surface area contributed by atoms with E-state index in [1.54, 1.807) is 25.6 Å². The molecule has 0 atom stereocenters. The summed E-state index contributed by atoms with van der Waals surface area (Å²) in [5.74, 6) is 1.66. The molecule has 2 rings (SSSR count). The number of aryl methyl sites for hydroxylation is 1. The van der Waals surface area contributed by atoms with Crippen LogP contribution in [0.2, 0.25) is 0 Å². The Labute approximate surface area is 99.5 Å². The first-order valence-electron chi connectivity index (χ1n) is 5.03. The van der Waals surface area contributed by atoms with Crippen molar-refractivity contribution in [3.05, 3.63) is 35.2 Å².